The highest BCUT2D eigenvalue weighted by molar-refractivity contribution is 5.12. The van der Waals surface area contributed by atoms with Crippen LogP contribution < -0.4 is 11.2 Å². The van der Waals surface area contributed by atoms with Crippen LogP contribution in [-0.2, 0) is 4.74 Å². The third-order valence-corrected chi connectivity index (χ3v) is 2.83. The number of nitrogens with one attached hydrogen (secondary N) is 1. The summed E-state index contributed by atoms with van der Waals surface area (Å²) in [7, 11) is 1.54. The molecule has 6 nitrogen and oxygen atoms in total. The van der Waals surface area contributed by atoms with Gasteiger partial charge < -0.3 is 9.84 Å². The number of methoxy groups -OCH3 is 1. The van der Waals surface area contributed by atoms with Crippen LogP contribution >= 0.6 is 0 Å². The molecular formula is C9H11FN2O4. The van der Waals surface area contributed by atoms with Gasteiger partial charge in [0.05, 0.1) is 6.10 Å². The molecule has 16 heavy (non-hydrogen) atoms. The number of H-pyrrole nitrogens is 1. The number of halogens is 1. The first-order valence-corrected chi connectivity index (χ1v) is 4.80. The molecule has 2 rings (SSSR count). The van der Waals surface area contributed by atoms with Crippen molar-refractivity contribution >= 4 is 0 Å². The molecule has 0 atom stereocenters. The monoisotopic (exact) mass is 230 g/mol. The third-order valence-electron chi connectivity index (χ3n) is 2.83. The van der Waals surface area contributed by atoms with Gasteiger partial charge in [0.25, 0.3) is 5.56 Å². The maximum atomic E-state index is 13.1. The first kappa shape index (κ1) is 10.9. The summed E-state index contributed by atoms with van der Waals surface area (Å²) in [6.45, 7) is 0. The van der Waals surface area contributed by atoms with Gasteiger partial charge in [0, 0.05) is 13.2 Å². The molecule has 7 heteroatoms. The van der Waals surface area contributed by atoms with Crippen molar-refractivity contribution in [3.63, 3.8) is 0 Å². The minimum atomic E-state index is -1.33. The number of nitrogens with zero attached hydrogens (tertiary/aromatic N) is 1. The maximum Gasteiger partial charge on any atom is 0.331 e. The van der Waals surface area contributed by atoms with Crippen LogP contribution in [0.15, 0.2) is 9.59 Å². The van der Waals surface area contributed by atoms with Gasteiger partial charge in [-0.1, -0.05) is 0 Å². The van der Waals surface area contributed by atoms with Gasteiger partial charge in [-0.05, 0) is 12.8 Å². The van der Waals surface area contributed by atoms with Crippen molar-refractivity contribution in [1.82, 2.24) is 9.55 Å². The molecule has 0 radical (unpaired) electrons. The predicted molar refractivity (Wildman–Crippen MR) is 52.0 cm³/mol. The van der Waals surface area contributed by atoms with Gasteiger partial charge in [0.2, 0.25) is 11.7 Å². The molecule has 2 N–H and O–H groups in total. The van der Waals surface area contributed by atoms with E-state index in [0.29, 0.717) is 12.8 Å². The minimum absolute atomic E-state index is 0.00582. The molecule has 88 valence electrons. The lowest BCUT2D eigenvalue weighted by Crippen LogP contribution is -2.41. The van der Waals surface area contributed by atoms with Crippen LogP contribution in [0, 0.1) is 5.82 Å². The highest BCUT2D eigenvalue weighted by Crippen LogP contribution is 2.35. The average Bonchev–Trinajstić information content (AvgIpc) is 2.18. The van der Waals surface area contributed by atoms with Gasteiger partial charge in [0.1, 0.15) is 0 Å². The Hall–Kier alpha value is -1.63. The van der Waals surface area contributed by atoms with Crippen molar-refractivity contribution in [3.05, 3.63) is 26.7 Å². The first-order chi connectivity index (χ1) is 7.54. The van der Waals surface area contributed by atoms with Crippen LogP contribution in [0.1, 0.15) is 18.9 Å². The lowest BCUT2D eigenvalue weighted by atomic mass is 9.89. The zero-order valence-electron chi connectivity index (χ0n) is 8.57. The quantitative estimate of drug-likeness (QED) is 0.732. The van der Waals surface area contributed by atoms with Gasteiger partial charge in [-0.3, -0.25) is 14.3 Å². The molecule has 0 bridgehead atoms. The van der Waals surface area contributed by atoms with E-state index in [0.717, 1.165) is 4.57 Å². The second kappa shape index (κ2) is 3.75. The summed E-state index contributed by atoms with van der Waals surface area (Å²) in [4.78, 5) is 24.0. The fraction of sp³-hybridized carbons (Fsp3) is 0.556. The zero-order valence-corrected chi connectivity index (χ0v) is 8.57. The standard InChI is InChI=1S/C9H11FN2O4/c1-16-5-2-4(3-5)12-8(14)6(10)7(13)11-9(12)15/h4-5,14H,2-3H2,1H3,(H,11,13,15). The van der Waals surface area contributed by atoms with Gasteiger partial charge in [0.15, 0.2) is 0 Å². The van der Waals surface area contributed by atoms with Crippen molar-refractivity contribution in [2.75, 3.05) is 7.11 Å². The summed E-state index contributed by atoms with van der Waals surface area (Å²) in [5.41, 5.74) is -2.01. The molecular weight excluding hydrogens is 219 g/mol. The van der Waals surface area contributed by atoms with E-state index in [1.54, 1.807) is 4.98 Å². The molecule has 0 saturated heterocycles. The van der Waals surface area contributed by atoms with E-state index in [9.17, 15) is 19.1 Å². The number of rotatable bonds is 2. The molecule has 1 fully saturated rings. The van der Waals surface area contributed by atoms with E-state index in [2.05, 4.69) is 0 Å². The van der Waals surface area contributed by atoms with Crippen LogP contribution in [0.5, 0.6) is 5.88 Å². The van der Waals surface area contributed by atoms with E-state index in [1.165, 1.54) is 7.11 Å². The fourth-order valence-corrected chi connectivity index (χ4v) is 1.80. The van der Waals surface area contributed by atoms with Gasteiger partial charge >= 0.3 is 5.69 Å². The van der Waals surface area contributed by atoms with Crippen molar-refractivity contribution in [3.8, 4) is 5.88 Å². The molecule has 0 spiro atoms. The number of aromatic hydroxyl groups is 1. The predicted octanol–water partition coefficient (Wildman–Crippen LogP) is -0.269. The smallest absolute Gasteiger partial charge is 0.331 e. The molecule has 1 aromatic rings. The van der Waals surface area contributed by atoms with Crippen molar-refractivity contribution < 1.29 is 14.2 Å². The largest absolute Gasteiger partial charge is 0.492 e. The number of aromatic nitrogens is 2. The highest BCUT2D eigenvalue weighted by atomic mass is 19.1. The van der Waals surface area contributed by atoms with Gasteiger partial charge in [-0.2, -0.15) is 4.39 Å². The Kier molecular flexibility index (Phi) is 2.55. The Morgan fingerprint density at radius 2 is 2.12 bits per heavy atom. The molecule has 1 saturated carbocycles. The lowest BCUT2D eigenvalue weighted by molar-refractivity contribution is 0.00214. The molecule has 1 heterocycles. The zero-order chi connectivity index (χ0) is 11.9. The molecule has 1 aliphatic rings. The Bertz CT molecular complexity index is 515. The molecule has 1 aliphatic carbocycles. The lowest BCUT2D eigenvalue weighted by Gasteiger charge is -2.35. The third kappa shape index (κ3) is 1.53. The molecule has 1 aromatic heterocycles. The molecule has 0 amide bonds. The van der Waals surface area contributed by atoms with E-state index in [4.69, 9.17) is 4.74 Å². The highest BCUT2D eigenvalue weighted by Gasteiger charge is 2.33. The number of aromatic amines is 1. The van der Waals surface area contributed by atoms with Crippen molar-refractivity contribution in [2.24, 2.45) is 0 Å². The summed E-state index contributed by atoms with van der Waals surface area (Å²) >= 11 is 0. The minimum Gasteiger partial charge on any atom is -0.492 e. The molecule has 0 aliphatic heterocycles. The van der Waals surface area contributed by atoms with Crippen LogP contribution in [-0.4, -0.2) is 27.9 Å². The topological polar surface area (TPSA) is 84.3 Å². The van der Waals surface area contributed by atoms with Crippen LogP contribution in [0.2, 0.25) is 0 Å². The van der Waals surface area contributed by atoms with E-state index in [-0.39, 0.29) is 12.1 Å². The van der Waals surface area contributed by atoms with E-state index < -0.39 is 22.9 Å². The molecule has 0 aromatic carbocycles. The summed E-state index contributed by atoms with van der Waals surface area (Å²) in [6, 6.07) is -0.330. The summed E-state index contributed by atoms with van der Waals surface area (Å²) in [5.74, 6) is -2.24. The Balaban J connectivity index is 2.39. The maximum absolute atomic E-state index is 13.1. The first-order valence-electron chi connectivity index (χ1n) is 4.80. The van der Waals surface area contributed by atoms with Gasteiger partial charge in [-0.15, -0.1) is 0 Å². The van der Waals surface area contributed by atoms with Crippen LogP contribution in [0.25, 0.3) is 0 Å². The van der Waals surface area contributed by atoms with Crippen LogP contribution in [0.3, 0.4) is 0 Å². The summed E-state index contributed by atoms with van der Waals surface area (Å²) < 4.78 is 18.9. The summed E-state index contributed by atoms with van der Waals surface area (Å²) in [6.07, 6.45) is 1.02. The number of hydrogen-bond acceptors (Lipinski definition) is 4. The fourth-order valence-electron chi connectivity index (χ4n) is 1.80. The Morgan fingerprint density at radius 1 is 1.50 bits per heavy atom. The van der Waals surface area contributed by atoms with Crippen LogP contribution in [0.4, 0.5) is 4.39 Å². The van der Waals surface area contributed by atoms with Gasteiger partial charge in [-0.25, -0.2) is 4.79 Å². The normalized spacial score (nSPS) is 24.1. The van der Waals surface area contributed by atoms with Crippen molar-refractivity contribution in [2.45, 2.75) is 25.0 Å². The second-order valence-corrected chi connectivity index (χ2v) is 3.75. The number of ether oxygens (including phenoxy) is 1. The van der Waals surface area contributed by atoms with E-state index >= 15 is 0 Å². The Morgan fingerprint density at radius 3 is 2.69 bits per heavy atom. The average molecular weight is 230 g/mol. The Labute approximate surface area is 89.3 Å². The SMILES string of the molecule is COC1CC(n2c(O)c(F)c(=O)[nH]c2=O)C1. The second-order valence-electron chi connectivity index (χ2n) is 3.75. The van der Waals surface area contributed by atoms with E-state index in [1.807, 2.05) is 0 Å². The summed E-state index contributed by atoms with van der Waals surface area (Å²) in [5, 5.41) is 9.38. The number of hydrogen-bond donors (Lipinski definition) is 2. The van der Waals surface area contributed by atoms with Crippen molar-refractivity contribution in [1.29, 1.82) is 0 Å². The molecule has 0 unspecified atom stereocenters.